The zero-order valence-corrected chi connectivity index (χ0v) is 24.7. The van der Waals surface area contributed by atoms with E-state index in [4.69, 9.17) is 19.0 Å². The van der Waals surface area contributed by atoms with Crippen molar-refractivity contribution in [1.29, 1.82) is 0 Å². The van der Waals surface area contributed by atoms with E-state index in [1.165, 1.54) is 5.38 Å². The number of nitrogens with one attached hydrogen (secondary N) is 2. The fourth-order valence-corrected chi connectivity index (χ4v) is 4.09. The average Bonchev–Trinajstić information content (AvgIpc) is 3.44. The number of carboxylic acids is 1. The predicted octanol–water partition coefficient (Wildman–Crippen LogP) is 3.29. The average molecular weight is 627 g/mol. The van der Waals surface area contributed by atoms with Gasteiger partial charge >= 0.3 is 30.1 Å². The first-order valence-electron chi connectivity index (χ1n) is 13.1. The Bertz CT molecular complexity index is 1430. The fraction of sp³-hybridized carbons (Fsp3) is 0.276. The Morgan fingerprint density at radius 2 is 1.61 bits per heavy atom. The molecule has 0 fully saturated rings. The standard InChI is InChI=1S/C29H30N4O10S/c1-29(2,3)42-28(39)30-14-15-40-25(37)23(43-33-21(24(35)36)20-16-44-27(32-20)31-17-34)26(38)41-22(18-10-6-4-7-11-18)19-12-8-5-9-13-19/h4-13,16-17,22-23H,14-15H2,1-3H3,(H,30,39)(H,35,36)(H,31,32,34)/b33-21-. The summed E-state index contributed by atoms with van der Waals surface area (Å²) in [6.07, 6.45) is -3.55. The van der Waals surface area contributed by atoms with E-state index < -0.39 is 54.1 Å². The zero-order chi connectivity index (χ0) is 32.1. The molecule has 0 aliphatic rings. The lowest BCUT2D eigenvalue weighted by Crippen LogP contribution is -2.38. The molecule has 0 saturated heterocycles. The van der Waals surface area contributed by atoms with Gasteiger partial charge in [0.05, 0.1) is 6.54 Å². The molecular weight excluding hydrogens is 596 g/mol. The number of aromatic nitrogens is 1. The molecular formula is C29H30N4O10S. The number of oxime groups is 1. The normalized spacial score (nSPS) is 12.0. The molecule has 0 aliphatic carbocycles. The van der Waals surface area contributed by atoms with Crippen LogP contribution < -0.4 is 10.6 Å². The van der Waals surface area contributed by atoms with Crippen molar-refractivity contribution in [2.45, 2.75) is 38.6 Å². The number of carbonyl (C=O) groups excluding carboxylic acids is 4. The minimum atomic E-state index is -2.17. The SMILES string of the molecule is CC(C)(C)OC(=O)NCCOC(=O)C(O/N=C(\C(=O)O)c1csc(NC=O)n1)C(=O)OC(c1ccccc1)c1ccccc1. The molecule has 232 valence electrons. The molecule has 3 rings (SSSR count). The molecule has 2 amide bonds. The van der Waals surface area contributed by atoms with Gasteiger partial charge in [-0.1, -0.05) is 65.8 Å². The van der Waals surface area contributed by atoms with Gasteiger partial charge in [0.1, 0.15) is 17.9 Å². The number of hydrogen-bond acceptors (Lipinski definition) is 12. The van der Waals surface area contributed by atoms with Crippen molar-refractivity contribution in [2.24, 2.45) is 5.16 Å². The van der Waals surface area contributed by atoms with Gasteiger partial charge in [-0.05, 0) is 31.9 Å². The van der Waals surface area contributed by atoms with E-state index in [2.05, 4.69) is 20.8 Å². The predicted molar refractivity (Wildman–Crippen MR) is 157 cm³/mol. The summed E-state index contributed by atoms with van der Waals surface area (Å²) >= 11 is 0.908. The number of alkyl carbamates (subject to hydrolysis) is 1. The highest BCUT2D eigenvalue weighted by Crippen LogP contribution is 2.27. The van der Waals surface area contributed by atoms with Crippen LogP contribution in [0, 0.1) is 0 Å². The molecule has 0 aliphatic heterocycles. The second kappa shape index (κ2) is 15.8. The van der Waals surface area contributed by atoms with Crippen molar-refractivity contribution in [2.75, 3.05) is 18.5 Å². The molecule has 0 saturated carbocycles. The molecule has 1 unspecified atom stereocenters. The van der Waals surface area contributed by atoms with Crippen LogP contribution in [0.1, 0.15) is 43.7 Å². The van der Waals surface area contributed by atoms with Crippen LogP contribution in [-0.2, 0) is 38.2 Å². The van der Waals surface area contributed by atoms with Crippen molar-refractivity contribution >= 4 is 52.6 Å². The van der Waals surface area contributed by atoms with Crippen LogP contribution in [0.2, 0.25) is 0 Å². The number of thiazole rings is 1. The molecule has 0 bridgehead atoms. The number of carbonyl (C=O) groups is 5. The Kier molecular flexibility index (Phi) is 11.9. The number of hydrogen-bond donors (Lipinski definition) is 3. The molecule has 3 N–H and O–H groups in total. The Hall–Kier alpha value is -5.31. The van der Waals surface area contributed by atoms with Crippen LogP contribution in [0.3, 0.4) is 0 Å². The van der Waals surface area contributed by atoms with Crippen LogP contribution in [0.25, 0.3) is 0 Å². The number of ether oxygens (including phenoxy) is 3. The summed E-state index contributed by atoms with van der Waals surface area (Å²) in [6.45, 7) is 4.46. The second-order valence-corrected chi connectivity index (χ2v) is 10.6. The minimum Gasteiger partial charge on any atom is -0.476 e. The van der Waals surface area contributed by atoms with Crippen LogP contribution in [0.15, 0.2) is 71.2 Å². The number of amides is 2. The summed E-state index contributed by atoms with van der Waals surface area (Å²) < 4.78 is 15.9. The number of rotatable bonds is 14. The lowest BCUT2D eigenvalue weighted by atomic mass is 10.0. The highest BCUT2D eigenvalue weighted by atomic mass is 32.1. The lowest BCUT2D eigenvalue weighted by Gasteiger charge is -2.21. The minimum absolute atomic E-state index is 0.0744. The van der Waals surface area contributed by atoms with Gasteiger partial charge in [-0.3, -0.25) is 4.79 Å². The monoisotopic (exact) mass is 626 g/mol. The van der Waals surface area contributed by atoms with E-state index in [-0.39, 0.29) is 17.4 Å². The lowest BCUT2D eigenvalue weighted by molar-refractivity contribution is -0.176. The topological polar surface area (TPSA) is 192 Å². The van der Waals surface area contributed by atoms with Crippen molar-refractivity contribution < 1.29 is 48.1 Å². The van der Waals surface area contributed by atoms with Crippen LogP contribution >= 0.6 is 11.3 Å². The molecule has 1 atom stereocenters. The van der Waals surface area contributed by atoms with Gasteiger partial charge in [0.25, 0.3) is 0 Å². The number of aliphatic carboxylic acids is 1. The Labute approximate surface area is 256 Å². The van der Waals surface area contributed by atoms with Crippen LogP contribution in [-0.4, -0.2) is 71.1 Å². The molecule has 3 aromatic rings. The summed E-state index contributed by atoms with van der Waals surface area (Å²) in [5.41, 5.74) is -0.569. The van der Waals surface area contributed by atoms with Crippen molar-refractivity contribution in [3.8, 4) is 0 Å². The van der Waals surface area contributed by atoms with Gasteiger partial charge in [0.2, 0.25) is 12.1 Å². The second-order valence-electron chi connectivity index (χ2n) is 9.77. The van der Waals surface area contributed by atoms with Gasteiger partial charge in [-0.15, -0.1) is 11.3 Å². The van der Waals surface area contributed by atoms with E-state index in [0.29, 0.717) is 17.5 Å². The van der Waals surface area contributed by atoms with Crippen molar-refractivity contribution in [3.63, 3.8) is 0 Å². The first kappa shape index (κ1) is 33.2. The molecule has 1 heterocycles. The highest BCUT2D eigenvalue weighted by molar-refractivity contribution is 7.14. The van der Waals surface area contributed by atoms with E-state index in [1.807, 2.05) is 0 Å². The summed E-state index contributed by atoms with van der Waals surface area (Å²) in [7, 11) is 0. The van der Waals surface area contributed by atoms with Gasteiger partial charge in [0, 0.05) is 5.38 Å². The largest absolute Gasteiger partial charge is 0.476 e. The number of carboxylic acid groups (broad SMARTS) is 1. The van der Waals surface area contributed by atoms with Crippen molar-refractivity contribution in [1.82, 2.24) is 10.3 Å². The van der Waals surface area contributed by atoms with E-state index in [0.717, 1.165) is 11.3 Å². The Morgan fingerprint density at radius 1 is 1.00 bits per heavy atom. The van der Waals surface area contributed by atoms with Gasteiger partial charge in [-0.25, -0.2) is 24.2 Å². The molecule has 1 aromatic heterocycles. The third-order valence-electron chi connectivity index (χ3n) is 5.26. The maximum absolute atomic E-state index is 13.4. The third kappa shape index (κ3) is 10.2. The summed E-state index contributed by atoms with van der Waals surface area (Å²) in [5, 5.41) is 19.2. The first-order chi connectivity index (χ1) is 21.0. The van der Waals surface area contributed by atoms with Crippen LogP contribution in [0.5, 0.6) is 0 Å². The van der Waals surface area contributed by atoms with Gasteiger partial charge in [0.15, 0.2) is 11.2 Å². The summed E-state index contributed by atoms with van der Waals surface area (Å²) in [4.78, 5) is 70.1. The number of nitrogens with zero attached hydrogens (tertiary/aromatic N) is 2. The molecule has 0 radical (unpaired) electrons. The van der Waals surface area contributed by atoms with E-state index in [1.54, 1.807) is 81.4 Å². The van der Waals surface area contributed by atoms with Gasteiger partial charge < -0.3 is 34.8 Å². The smallest absolute Gasteiger partial charge is 0.407 e. The fourth-order valence-electron chi connectivity index (χ4n) is 3.44. The first-order valence-corrected chi connectivity index (χ1v) is 13.9. The van der Waals surface area contributed by atoms with Crippen molar-refractivity contribution in [3.05, 3.63) is 82.9 Å². The number of benzene rings is 2. The summed E-state index contributed by atoms with van der Waals surface area (Å²) in [6, 6.07) is 17.4. The molecule has 44 heavy (non-hydrogen) atoms. The Balaban J connectivity index is 1.85. The maximum atomic E-state index is 13.4. The molecule has 14 nitrogen and oxygen atoms in total. The van der Waals surface area contributed by atoms with Gasteiger partial charge in [-0.2, -0.15) is 0 Å². The highest BCUT2D eigenvalue weighted by Gasteiger charge is 2.36. The Morgan fingerprint density at radius 3 is 2.16 bits per heavy atom. The van der Waals surface area contributed by atoms with E-state index >= 15 is 0 Å². The van der Waals surface area contributed by atoms with Crippen LogP contribution in [0.4, 0.5) is 9.93 Å². The molecule has 15 heteroatoms. The molecule has 0 spiro atoms. The number of esters is 2. The maximum Gasteiger partial charge on any atom is 0.407 e. The zero-order valence-electron chi connectivity index (χ0n) is 23.9. The summed E-state index contributed by atoms with van der Waals surface area (Å²) in [5.74, 6) is -4.10. The quantitative estimate of drug-likeness (QED) is 0.0452. The molecule has 2 aromatic carbocycles. The van der Waals surface area contributed by atoms with E-state index in [9.17, 15) is 29.1 Å². The third-order valence-corrected chi connectivity index (χ3v) is 6.04. The number of anilines is 1.